The van der Waals surface area contributed by atoms with Crippen LogP contribution in [0.15, 0.2) is 164 Å². The van der Waals surface area contributed by atoms with Gasteiger partial charge in [-0.1, -0.05) is 140 Å². The summed E-state index contributed by atoms with van der Waals surface area (Å²) in [6.45, 7) is 0. The summed E-state index contributed by atoms with van der Waals surface area (Å²) in [4.78, 5) is 0. The van der Waals surface area contributed by atoms with Gasteiger partial charge in [0.05, 0.1) is 22.1 Å². The van der Waals surface area contributed by atoms with Crippen LogP contribution in [0.25, 0.3) is 60.2 Å². The maximum absolute atomic E-state index is 7.04. The fourth-order valence-electron chi connectivity index (χ4n) is 8.74. The average Bonchev–Trinajstić information content (AvgIpc) is 3.48. The predicted octanol–water partition coefficient (Wildman–Crippen LogP) is 11.6. The summed E-state index contributed by atoms with van der Waals surface area (Å²) in [5.74, 6) is 1.82. The number of benzene rings is 8. The van der Waals surface area contributed by atoms with E-state index in [-0.39, 0.29) is 0 Å². The molecule has 2 aliphatic rings. The van der Waals surface area contributed by atoms with Crippen molar-refractivity contribution in [3.05, 3.63) is 186 Å². The van der Waals surface area contributed by atoms with Crippen LogP contribution in [0.3, 0.4) is 0 Å². The van der Waals surface area contributed by atoms with Gasteiger partial charge in [-0.3, -0.25) is 0 Å². The van der Waals surface area contributed by atoms with Gasteiger partial charge in [0.1, 0.15) is 11.5 Å². The highest BCUT2D eigenvalue weighted by Crippen LogP contribution is 2.61. The molecule has 0 fully saturated rings. The van der Waals surface area contributed by atoms with E-state index in [9.17, 15) is 0 Å². The third-order valence-electron chi connectivity index (χ3n) is 10.6. The molecule has 1 atom stereocenters. The summed E-state index contributed by atoms with van der Waals surface area (Å²) in [6.07, 6.45) is 0. The molecule has 0 radical (unpaired) electrons. The zero-order chi connectivity index (χ0) is 30.7. The number of hydrogen-bond donors (Lipinski definition) is 0. The van der Waals surface area contributed by atoms with Crippen molar-refractivity contribution in [2.24, 2.45) is 0 Å². The van der Waals surface area contributed by atoms with Gasteiger partial charge in [0.2, 0.25) is 0 Å². The lowest BCUT2D eigenvalue weighted by atomic mass is 9.61. The Balaban J connectivity index is 1.29. The molecule has 2 nitrogen and oxygen atoms in total. The molecule has 0 N–H and O–H groups in total. The highest BCUT2D eigenvalue weighted by atomic mass is 16.5. The van der Waals surface area contributed by atoms with Crippen LogP contribution in [0, 0.1) is 0 Å². The summed E-state index contributed by atoms with van der Waals surface area (Å²) < 4.78 is 9.52. The van der Waals surface area contributed by atoms with Crippen LogP contribution in [0.5, 0.6) is 11.5 Å². The fraction of sp³-hybridized carbons (Fsp3) is 0.0222. The molecule has 0 aliphatic carbocycles. The molecule has 0 saturated heterocycles. The summed E-state index contributed by atoms with van der Waals surface area (Å²) >= 11 is 0. The standard InChI is InChI=1S/C45H27NO/c1-2-12-31-28(11-1)23-24-29-25-26-30(27-35(29)31)32-14-9-19-39-44(32)47-42-22-8-5-17-37(42)45(39)36-16-4-7-21-41(36)46-40-20-6-3-13-33(40)34-15-10-18-38(45)43(34)46/h1-27H. The minimum atomic E-state index is -0.579. The summed E-state index contributed by atoms with van der Waals surface area (Å²) in [5, 5.41) is 7.55. The number of aromatic nitrogens is 1. The largest absolute Gasteiger partial charge is 0.456 e. The van der Waals surface area contributed by atoms with Gasteiger partial charge >= 0.3 is 0 Å². The molecular weight excluding hydrogens is 571 g/mol. The Morgan fingerprint density at radius 1 is 0.447 bits per heavy atom. The molecule has 1 spiro atoms. The van der Waals surface area contributed by atoms with E-state index in [2.05, 4.69) is 168 Å². The van der Waals surface area contributed by atoms with Crippen molar-refractivity contribution < 1.29 is 4.74 Å². The van der Waals surface area contributed by atoms with Gasteiger partial charge in [-0.05, 0) is 62.5 Å². The second kappa shape index (κ2) is 8.99. The van der Waals surface area contributed by atoms with E-state index >= 15 is 0 Å². The Morgan fingerprint density at radius 3 is 2.04 bits per heavy atom. The van der Waals surface area contributed by atoms with Gasteiger partial charge in [-0.2, -0.15) is 0 Å². The molecule has 2 heteroatoms. The summed E-state index contributed by atoms with van der Waals surface area (Å²) in [7, 11) is 0. The third-order valence-corrected chi connectivity index (χ3v) is 10.6. The number of rotatable bonds is 1. The quantitative estimate of drug-likeness (QED) is 0.172. The first-order chi connectivity index (χ1) is 23.3. The van der Waals surface area contributed by atoms with Gasteiger partial charge in [-0.15, -0.1) is 0 Å². The van der Waals surface area contributed by atoms with Crippen molar-refractivity contribution in [3.63, 3.8) is 0 Å². The van der Waals surface area contributed by atoms with Gasteiger partial charge in [-0.25, -0.2) is 0 Å². The van der Waals surface area contributed by atoms with Gasteiger partial charge < -0.3 is 9.30 Å². The first kappa shape index (κ1) is 25.1. The van der Waals surface area contributed by atoms with E-state index < -0.39 is 5.41 Å². The van der Waals surface area contributed by atoms with Crippen LogP contribution in [0.1, 0.15) is 22.3 Å². The van der Waals surface area contributed by atoms with E-state index in [0.29, 0.717) is 0 Å². The first-order valence-electron chi connectivity index (χ1n) is 16.3. The number of nitrogens with zero attached hydrogens (tertiary/aromatic N) is 1. The zero-order valence-corrected chi connectivity index (χ0v) is 25.4. The normalized spacial score (nSPS) is 15.9. The molecule has 0 saturated carbocycles. The van der Waals surface area contributed by atoms with Gasteiger partial charge in [0.15, 0.2) is 0 Å². The smallest absolute Gasteiger partial charge is 0.140 e. The number of fused-ring (bicyclic) bond motifs is 14. The van der Waals surface area contributed by atoms with Crippen molar-refractivity contribution >= 4 is 43.4 Å². The Morgan fingerprint density at radius 2 is 1.11 bits per heavy atom. The number of ether oxygens (including phenoxy) is 1. The molecule has 11 rings (SSSR count). The monoisotopic (exact) mass is 597 g/mol. The first-order valence-corrected chi connectivity index (χ1v) is 16.3. The Hall–Kier alpha value is -6.12. The van der Waals surface area contributed by atoms with E-state index in [1.807, 2.05) is 0 Å². The highest BCUT2D eigenvalue weighted by molar-refractivity contribution is 6.12. The second-order valence-corrected chi connectivity index (χ2v) is 12.8. The molecule has 1 unspecified atom stereocenters. The van der Waals surface area contributed by atoms with E-state index in [1.54, 1.807) is 0 Å². The molecule has 0 bridgehead atoms. The van der Waals surface area contributed by atoms with Gasteiger partial charge in [0.25, 0.3) is 0 Å². The van der Waals surface area contributed by atoms with E-state index in [1.165, 1.54) is 71.3 Å². The molecule has 2 aliphatic heterocycles. The third kappa shape index (κ3) is 3.10. The molecular formula is C45H27NO. The molecule has 0 amide bonds. The molecule has 3 heterocycles. The van der Waals surface area contributed by atoms with Crippen molar-refractivity contribution in [1.29, 1.82) is 0 Å². The Labute approximate surface area is 271 Å². The number of para-hydroxylation sites is 5. The van der Waals surface area contributed by atoms with Crippen LogP contribution in [-0.4, -0.2) is 4.57 Å². The maximum Gasteiger partial charge on any atom is 0.140 e. The average molecular weight is 598 g/mol. The van der Waals surface area contributed by atoms with Crippen LogP contribution < -0.4 is 4.74 Å². The van der Waals surface area contributed by atoms with E-state index in [4.69, 9.17) is 4.74 Å². The molecule has 47 heavy (non-hydrogen) atoms. The lowest BCUT2D eigenvalue weighted by Gasteiger charge is -2.45. The Kier molecular flexibility index (Phi) is 4.80. The topological polar surface area (TPSA) is 14.2 Å². The lowest BCUT2D eigenvalue weighted by molar-refractivity contribution is 0.435. The molecule has 1 aromatic heterocycles. The lowest BCUT2D eigenvalue weighted by Crippen LogP contribution is -2.37. The molecule has 218 valence electrons. The van der Waals surface area contributed by atoms with Crippen molar-refractivity contribution in [2.45, 2.75) is 5.41 Å². The van der Waals surface area contributed by atoms with Crippen molar-refractivity contribution in [3.8, 4) is 28.3 Å². The fourth-order valence-corrected chi connectivity index (χ4v) is 8.74. The highest BCUT2D eigenvalue weighted by Gasteiger charge is 2.50. The Bertz CT molecular complexity index is 2790. The van der Waals surface area contributed by atoms with Gasteiger partial charge in [0, 0.05) is 27.5 Å². The van der Waals surface area contributed by atoms with Crippen molar-refractivity contribution in [2.75, 3.05) is 0 Å². The van der Waals surface area contributed by atoms with Crippen LogP contribution in [0.4, 0.5) is 0 Å². The van der Waals surface area contributed by atoms with E-state index in [0.717, 1.165) is 22.6 Å². The number of hydrogen-bond acceptors (Lipinski definition) is 1. The van der Waals surface area contributed by atoms with Crippen LogP contribution in [0.2, 0.25) is 0 Å². The maximum atomic E-state index is 7.04. The van der Waals surface area contributed by atoms with Crippen LogP contribution >= 0.6 is 0 Å². The summed E-state index contributed by atoms with van der Waals surface area (Å²) in [5.41, 5.74) is 10.3. The predicted molar refractivity (Wildman–Crippen MR) is 193 cm³/mol. The minimum Gasteiger partial charge on any atom is -0.456 e. The SMILES string of the molecule is c1ccc2c(c1)Oc1c(-c3ccc4ccc5ccccc5c4c3)cccc1C21c2ccccc2-n2c3ccccc3c3cccc1c32. The second-order valence-electron chi connectivity index (χ2n) is 12.8. The van der Waals surface area contributed by atoms with Crippen molar-refractivity contribution in [1.82, 2.24) is 4.57 Å². The van der Waals surface area contributed by atoms with Crippen LogP contribution in [-0.2, 0) is 5.41 Å². The summed E-state index contributed by atoms with van der Waals surface area (Å²) in [6, 6.07) is 59.9. The minimum absolute atomic E-state index is 0.579. The molecule has 8 aromatic carbocycles. The molecule has 9 aromatic rings. The zero-order valence-electron chi connectivity index (χ0n) is 25.4.